The van der Waals surface area contributed by atoms with Crippen molar-refractivity contribution in [3.05, 3.63) is 131 Å². The zero-order valence-corrected chi connectivity index (χ0v) is 42.8. The van der Waals surface area contributed by atoms with E-state index in [-0.39, 0.29) is 41.7 Å². The molecule has 394 valence electrons. The summed E-state index contributed by atoms with van der Waals surface area (Å²) in [4.78, 5) is 96.0. The number of Topliss-reactive ketones (excluding diaryl/α,β-unsaturated/α-hetero) is 4. The van der Waals surface area contributed by atoms with E-state index in [1.807, 2.05) is 30.5 Å². The van der Waals surface area contributed by atoms with Crippen molar-refractivity contribution in [2.75, 3.05) is 7.11 Å². The fourth-order valence-electron chi connectivity index (χ4n) is 13.1. The summed E-state index contributed by atoms with van der Waals surface area (Å²) in [6.45, 7) is 5.90. The third kappa shape index (κ3) is 8.47. The number of ether oxygens (including phenoxy) is 5. The lowest BCUT2D eigenvalue weighted by Gasteiger charge is -2.42. The molecule has 77 heavy (non-hydrogen) atoms. The molecular formula is C60H56N4O13. The molecule has 3 aliphatic heterocycles. The van der Waals surface area contributed by atoms with Crippen LogP contribution < -0.4 is 4.74 Å². The summed E-state index contributed by atoms with van der Waals surface area (Å²) in [6, 6.07) is 22.8. The number of hydrogen-bond donors (Lipinski definition) is 3. The molecule has 3 fully saturated rings. The lowest BCUT2D eigenvalue weighted by Crippen LogP contribution is -2.60. The van der Waals surface area contributed by atoms with E-state index in [0.29, 0.717) is 11.3 Å². The van der Waals surface area contributed by atoms with Crippen molar-refractivity contribution in [1.82, 2.24) is 19.1 Å². The maximum Gasteiger partial charge on any atom is 0.339 e. The first-order chi connectivity index (χ1) is 37.2. The number of phenols is 1. The smallest absolute Gasteiger partial charge is 0.339 e. The number of benzene rings is 4. The fourth-order valence-corrected chi connectivity index (χ4v) is 13.1. The summed E-state index contributed by atoms with van der Waals surface area (Å²) in [7, 11) is 1.17. The van der Waals surface area contributed by atoms with Gasteiger partial charge in [0.25, 0.3) is 0 Å². The van der Waals surface area contributed by atoms with Crippen LogP contribution in [0.3, 0.4) is 0 Å². The zero-order chi connectivity index (χ0) is 53.6. The van der Waals surface area contributed by atoms with Gasteiger partial charge in [-0.3, -0.25) is 28.8 Å². The van der Waals surface area contributed by atoms with E-state index in [1.54, 1.807) is 37.4 Å². The molecule has 9 atom stereocenters. The minimum atomic E-state index is -1.42. The number of aryl methyl sites for hydroxylation is 4. The Morgan fingerprint density at radius 1 is 0.623 bits per heavy atom. The number of aromatic nitrogens is 4. The number of para-hydroxylation sites is 2. The quantitative estimate of drug-likeness (QED) is 0.0702. The van der Waals surface area contributed by atoms with E-state index < -0.39 is 72.1 Å². The van der Waals surface area contributed by atoms with Crippen LogP contribution in [-0.2, 0) is 78.4 Å². The van der Waals surface area contributed by atoms with Crippen LogP contribution in [0.2, 0.25) is 0 Å². The Balaban J connectivity index is 0.000000174. The van der Waals surface area contributed by atoms with Crippen LogP contribution >= 0.6 is 0 Å². The molecule has 4 aromatic carbocycles. The van der Waals surface area contributed by atoms with Gasteiger partial charge in [0.2, 0.25) is 6.29 Å². The minimum Gasteiger partial charge on any atom is -0.508 e. The van der Waals surface area contributed by atoms with Crippen LogP contribution in [0.5, 0.6) is 11.5 Å². The predicted molar refractivity (Wildman–Crippen MR) is 281 cm³/mol. The van der Waals surface area contributed by atoms with Gasteiger partial charge in [-0.25, -0.2) is 4.79 Å². The molecule has 7 heterocycles. The van der Waals surface area contributed by atoms with Crippen LogP contribution in [0, 0.1) is 5.92 Å². The number of carbonyl (C=O) groups excluding carboxylic acids is 7. The fraction of sp³-hybridized carbons (Fsp3) is 0.350. The second kappa shape index (κ2) is 19.4. The number of fused-ring (bicyclic) bond motifs is 2. The van der Waals surface area contributed by atoms with Crippen LogP contribution in [0.1, 0.15) is 104 Å². The van der Waals surface area contributed by atoms with Gasteiger partial charge in [-0.05, 0) is 83.3 Å². The number of nitrogens with zero attached hydrogens (tertiary/aromatic N) is 2. The Labute approximate surface area is 440 Å². The number of nitrogens with one attached hydrogen (secondary N) is 2. The van der Waals surface area contributed by atoms with Crippen molar-refractivity contribution < 1.29 is 62.4 Å². The number of rotatable bonds is 9. The number of aromatic hydroxyl groups is 1. The first-order valence-corrected chi connectivity index (χ1v) is 26.1. The molecule has 0 radical (unpaired) electrons. The predicted octanol–water partition coefficient (Wildman–Crippen LogP) is 8.44. The number of methoxy groups -OCH3 is 1. The number of carbonyl (C=O) groups is 7. The van der Waals surface area contributed by atoms with Crippen molar-refractivity contribution in [2.45, 2.75) is 121 Å². The van der Waals surface area contributed by atoms with Crippen LogP contribution in [0.25, 0.3) is 43.6 Å². The Hall–Kier alpha value is -8.31. The summed E-state index contributed by atoms with van der Waals surface area (Å²) < 4.78 is 32.4. The molecule has 0 bridgehead atoms. The van der Waals surface area contributed by atoms with E-state index in [9.17, 15) is 38.7 Å². The number of phenolic OH excluding ortho intramolecular Hbond substituents is 1. The van der Waals surface area contributed by atoms with Gasteiger partial charge in [-0.15, -0.1) is 0 Å². The lowest BCUT2D eigenvalue weighted by atomic mass is 9.83. The highest BCUT2D eigenvalue weighted by atomic mass is 16.7. The third-order valence-corrected chi connectivity index (χ3v) is 16.3. The monoisotopic (exact) mass is 1040 g/mol. The average molecular weight is 1040 g/mol. The molecule has 0 spiro atoms. The zero-order valence-electron chi connectivity index (χ0n) is 42.8. The van der Waals surface area contributed by atoms with Gasteiger partial charge < -0.3 is 47.9 Å². The standard InChI is InChI=1S/C36H36N2O10.C24H20N2O3/c1-17-32(45-18(2)39)33(46-19(3)40)34(35(43)44-4)48-36(17)47-21-10-11-22-24(15-37-26(22)13-21)29-27(41)14-28(42)30(29)25-16-38-12-6-8-20-7-5-9-23(25)31(20)38;27-14-6-7-15-17(11-25-19(15)9-14)22-20(28)10-21(29)23(22)18-12-26-8-2-4-13-3-1-5-16(18)24(13)26/h5,7,9-11,13,15-17,29-30,32-34,36-37H,6,8,12,14H2,1-4H3;1,3,5-7,9,11-12,22-23,25,27H,2,4,8,10H2/t17-,29-,30-,32-,33+,34+,36?;22-,23-/m11/s1. The Kier molecular flexibility index (Phi) is 12.5. The number of H-pyrrole nitrogens is 2. The maximum absolute atomic E-state index is 13.5. The van der Waals surface area contributed by atoms with Crippen molar-refractivity contribution >= 4 is 84.7 Å². The maximum atomic E-state index is 13.5. The second-order valence-electron chi connectivity index (χ2n) is 21.0. The van der Waals surface area contributed by atoms with Crippen molar-refractivity contribution in [1.29, 1.82) is 0 Å². The highest BCUT2D eigenvalue weighted by Gasteiger charge is 2.53. The minimum absolute atomic E-state index is 0.00294. The van der Waals surface area contributed by atoms with Gasteiger partial charge >= 0.3 is 17.9 Å². The first-order valence-electron chi connectivity index (χ1n) is 26.1. The van der Waals surface area contributed by atoms with Gasteiger partial charge in [-0.1, -0.05) is 43.3 Å². The third-order valence-electron chi connectivity index (χ3n) is 16.3. The summed E-state index contributed by atoms with van der Waals surface area (Å²) >= 11 is 0. The SMILES string of the molecule is COC(=O)[C@H]1OC(Oc2ccc3c([C@@H]4C(=O)CC(=O)[C@H]4c4cn5c6c(cccc46)CCC5)c[nH]c3c2)[C@H](C)[C@@H](OC(C)=O)[C@@H]1OC(C)=O.O=C1CC(=O)[C@@H](c2cn3c4c(cccc24)CCC3)[C@@H]1c1c[nH]c2cc(O)ccc12. The molecule has 8 aromatic rings. The van der Waals surface area contributed by atoms with E-state index in [2.05, 4.69) is 55.8 Å². The molecule has 4 aromatic heterocycles. The molecule has 0 amide bonds. The van der Waals surface area contributed by atoms with Gasteiger partial charge in [-0.2, -0.15) is 0 Å². The van der Waals surface area contributed by atoms with Gasteiger partial charge in [0, 0.05) is 96.4 Å². The first kappa shape index (κ1) is 49.6. The molecule has 3 N–H and O–H groups in total. The van der Waals surface area contributed by atoms with E-state index >= 15 is 0 Å². The Bertz CT molecular complexity index is 3780. The molecule has 1 unspecified atom stereocenters. The molecule has 13 rings (SSSR count). The molecule has 17 heteroatoms. The normalized spacial score (nSPS) is 24.9. The number of esters is 3. The van der Waals surface area contributed by atoms with E-state index in [4.69, 9.17) is 23.7 Å². The molecule has 2 aliphatic carbocycles. The van der Waals surface area contributed by atoms with Gasteiger partial charge in [0.05, 0.1) is 60.6 Å². The Morgan fingerprint density at radius 3 is 1.64 bits per heavy atom. The van der Waals surface area contributed by atoms with E-state index in [0.717, 1.165) is 93.6 Å². The summed E-state index contributed by atoms with van der Waals surface area (Å²) in [5.74, 6) is -4.71. The van der Waals surface area contributed by atoms with Gasteiger partial charge in [0.1, 0.15) is 34.6 Å². The van der Waals surface area contributed by atoms with Crippen LogP contribution in [-0.4, -0.2) is 97.0 Å². The van der Waals surface area contributed by atoms with Crippen molar-refractivity contribution in [2.24, 2.45) is 5.92 Å². The van der Waals surface area contributed by atoms with Crippen molar-refractivity contribution in [3.8, 4) is 11.5 Å². The highest BCUT2D eigenvalue weighted by Crippen LogP contribution is 2.49. The van der Waals surface area contributed by atoms with Gasteiger partial charge in [0.15, 0.2) is 18.3 Å². The molecule has 1 saturated heterocycles. The number of ketones is 4. The van der Waals surface area contributed by atoms with Crippen LogP contribution in [0.4, 0.5) is 0 Å². The molecular weight excluding hydrogens is 985 g/mol. The van der Waals surface area contributed by atoms with Crippen LogP contribution in [0.15, 0.2) is 97.6 Å². The summed E-state index contributed by atoms with van der Waals surface area (Å²) in [5, 5.41) is 13.5. The van der Waals surface area contributed by atoms with Crippen molar-refractivity contribution in [3.63, 3.8) is 0 Å². The molecule has 17 nitrogen and oxygen atoms in total. The Morgan fingerprint density at radius 2 is 1.12 bits per heavy atom. The molecule has 5 aliphatic rings. The van der Waals surface area contributed by atoms with E-state index in [1.165, 1.54) is 37.6 Å². The summed E-state index contributed by atoms with van der Waals surface area (Å²) in [5.41, 5.74) is 9.80. The topological polar surface area (TPSA) is 227 Å². The largest absolute Gasteiger partial charge is 0.508 e. The molecule has 2 saturated carbocycles. The summed E-state index contributed by atoms with van der Waals surface area (Å²) in [6.07, 6.45) is 6.94. The number of aromatic amines is 2. The highest BCUT2D eigenvalue weighted by molar-refractivity contribution is 6.17. The second-order valence-corrected chi connectivity index (χ2v) is 21.0. The lowest BCUT2D eigenvalue weighted by molar-refractivity contribution is -0.261. The average Bonchev–Trinajstić information content (AvgIpc) is 4.48. The number of hydrogen-bond acceptors (Lipinski definition) is 13.